The number of carbonyl (C=O) groups excluding carboxylic acids is 1. The van der Waals surface area contributed by atoms with Crippen molar-refractivity contribution in [3.05, 3.63) is 59.9 Å². The van der Waals surface area contributed by atoms with E-state index in [1.807, 2.05) is 25.1 Å². The number of carbonyl (C=O) groups is 1. The van der Waals surface area contributed by atoms with Crippen LogP contribution in [-0.4, -0.2) is 41.2 Å². The first kappa shape index (κ1) is 23.2. The summed E-state index contributed by atoms with van der Waals surface area (Å²) in [7, 11) is 0. The number of likely N-dealkylation sites (tertiary alicyclic amines) is 1. The van der Waals surface area contributed by atoms with Crippen molar-refractivity contribution in [3.63, 3.8) is 0 Å². The Morgan fingerprint density at radius 1 is 1.23 bits per heavy atom. The van der Waals surface area contributed by atoms with Crippen molar-refractivity contribution in [1.82, 2.24) is 4.90 Å². The van der Waals surface area contributed by atoms with Gasteiger partial charge < -0.3 is 15.2 Å². The summed E-state index contributed by atoms with van der Waals surface area (Å²) < 4.78 is 19.7. The predicted octanol–water partition coefficient (Wildman–Crippen LogP) is 4.61. The molecule has 0 radical (unpaired) electrons. The highest BCUT2D eigenvalue weighted by molar-refractivity contribution is 5.93. The minimum atomic E-state index is -1.07. The zero-order chi connectivity index (χ0) is 22.3. The number of amides is 1. The summed E-state index contributed by atoms with van der Waals surface area (Å²) in [4.78, 5) is 15.1. The minimum Gasteiger partial charge on any atom is -0.491 e. The highest BCUT2D eigenvalue weighted by Gasteiger charge is 2.40. The molecule has 1 fully saturated rings. The van der Waals surface area contributed by atoms with Crippen molar-refractivity contribution in [2.45, 2.75) is 51.7 Å². The second-order valence-corrected chi connectivity index (χ2v) is 8.42. The Bertz CT molecular complexity index is 851. The van der Waals surface area contributed by atoms with Crippen LogP contribution in [0.3, 0.4) is 0 Å². The SMILES string of the molecule is CCCCOc1ccc(NC(=O)C(C)C2(O)CCN(Cc3ccccc3)CC2)cc1F. The number of halogens is 1. The van der Waals surface area contributed by atoms with E-state index in [0.29, 0.717) is 25.1 Å². The minimum absolute atomic E-state index is 0.184. The molecule has 1 atom stereocenters. The fourth-order valence-electron chi connectivity index (χ4n) is 3.89. The smallest absolute Gasteiger partial charge is 0.230 e. The maximum atomic E-state index is 14.2. The van der Waals surface area contributed by atoms with Crippen LogP contribution in [0.5, 0.6) is 5.75 Å². The van der Waals surface area contributed by atoms with Gasteiger partial charge in [0.25, 0.3) is 0 Å². The van der Waals surface area contributed by atoms with E-state index in [0.717, 1.165) is 32.5 Å². The molecule has 6 heteroatoms. The molecule has 1 aliphatic heterocycles. The highest BCUT2D eigenvalue weighted by atomic mass is 19.1. The zero-order valence-electron chi connectivity index (χ0n) is 18.4. The molecule has 5 nitrogen and oxygen atoms in total. The van der Waals surface area contributed by atoms with E-state index in [4.69, 9.17) is 4.74 Å². The van der Waals surface area contributed by atoms with Crippen LogP contribution in [-0.2, 0) is 11.3 Å². The lowest BCUT2D eigenvalue weighted by molar-refractivity contribution is -0.132. The molecule has 0 aromatic heterocycles. The number of hydrogen-bond acceptors (Lipinski definition) is 4. The first-order valence-electron chi connectivity index (χ1n) is 11.1. The van der Waals surface area contributed by atoms with Gasteiger partial charge in [-0.1, -0.05) is 50.6 Å². The van der Waals surface area contributed by atoms with Crippen LogP contribution in [0, 0.1) is 11.7 Å². The van der Waals surface area contributed by atoms with Gasteiger partial charge in [0.1, 0.15) is 0 Å². The van der Waals surface area contributed by atoms with Crippen molar-refractivity contribution in [2.24, 2.45) is 5.92 Å². The third kappa shape index (κ3) is 6.28. The molecule has 2 N–H and O–H groups in total. The number of anilines is 1. The lowest BCUT2D eigenvalue weighted by Crippen LogP contribution is -2.51. The number of ether oxygens (including phenoxy) is 1. The monoisotopic (exact) mass is 428 g/mol. The van der Waals surface area contributed by atoms with Crippen molar-refractivity contribution >= 4 is 11.6 Å². The van der Waals surface area contributed by atoms with Crippen LogP contribution in [0.2, 0.25) is 0 Å². The number of nitrogens with zero attached hydrogens (tertiary/aromatic N) is 1. The Kier molecular flexibility index (Phi) is 8.04. The van der Waals surface area contributed by atoms with Gasteiger partial charge in [-0.05, 0) is 37.0 Å². The van der Waals surface area contributed by atoms with Gasteiger partial charge in [-0.15, -0.1) is 0 Å². The van der Waals surface area contributed by atoms with Crippen molar-refractivity contribution in [1.29, 1.82) is 0 Å². The number of aliphatic hydroxyl groups is 1. The normalized spacial score (nSPS) is 17.2. The van der Waals surface area contributed by atoms with Gasteiger partial charge in [0, 0.05) is 31.4 Å². The topological polar surface area (TPSA) is 61.8 Å². The zero-order valence-corrected chi connectivity index (χ0v) is 18.4. The number of hydrogen-bond donors (Lipinski definition) is 2. The quantitative estimate of drug-likeness (QED) is 0.573. The number of unbranched alkanes of at least 4 members (excludes halogenated alkanes) is 1. The first-order valence-corrected chi connectivity index (χ1v) is 11.1. The summed E-state index contributed by atoms with van der Waals surface area (Å²) in [6.45, 7) is 6.53. The third-order valence-electron chi connectivity index (χ3n) is 6.13. The van der Waals surface area contributed by atoms with E-state index in [2.05, 4.69) is 22.3 Å². The maximum Gasteiger partial charge on any atom is 0.230 e. The summed E-state index contributed by atoms with van der Waals surface area (Å²) >= 11 is 0. The van der Waals surface area contributed by atoms with Gasteiger partial charge in [0.15, 0.2) is 11.6 Å². The van der Waals surface area contributed by atoms with Crippen LogP contribution in [0.1, 0.15) is 45.1 Å². The number of rotatable bonds is 9. The first-order chi connectivity index (χ1) is 14.9. The molecule has 168 valence electrons. The van der Waals surface area contributed by atoms with E-state index in [1.165, 1.54) is 17.7 Å². The van der Waals surface area contributed by atoms with Gasteiger partial charge in [-0.25, -0.2) is 4.39 Å². The molecule has 0 aliphatic carbocycles. The summed E-state index contributed by atoms with van der Waals surface area (Å²) in [5.74, 6) is -1.23. The molecule has 1 amide bonds. The van der Waals surface area contributed by atoms with Gasteiger partial charge in [-0.2, -0.15) is 0 Å². The maximum absolute atomic E-state index is 14.2. The average Bonchev–Trinajstić information content (AvgIpc) is 2.77. The Morgan fingerprint density at radius 3 is 2.58 bits per heavy atom. The predicted molar refractivity (Wildman–Crippen MR) is 120 cm³/mol. The molecule has 0 saturated carbocycles. The fourth-order valence-corrected chi connectivity index (χ4v) is 3.89. The molecule has 0 bridgehead atoms. The summed E-state index contributed by atoms with van der Waals surface area (Å²) in [5.41, 5.74) is 0.532. The molecule has 1 unspecified atom stereocenters. The Balaban J connectivity index is 1.53. The largest absolute Gasteiger partial charge is 0.491 e. The van der Waals surface area contributed by atoms with E-state index in [9.17, 15) is 14.3 Å². The summed E-state index contributed by atoms with van der Waals surface area (Å²) in [6.07, 6.45) is 2.87. The van der Waals surface area contributed by atoms with Gasteiger partial charge in [0.2, 0.25) is 5.91 Å². The average molecular weight is 429 g/mol. The second-order valence-electron chi connectivity index (χ2n) is 8.42. The number of piperidine rings is 1. The van der Waals surface area contributed by atoms with Crippen molar-refractivity contribution < 1.29 is 19.0 Å². The van der Waals surface area contributed by atoms with E-state index >= 15 is 0 Å². The molecule has 1 aliphatic rings. The molecule has 3 rings (SSSR count). The standard InChI is InChI=1S/C25H33FN2O3/c1-3-4-16-31-23-11-10-21(17-22(23)26)27-24(29)19(2)25(30)12-14-28(15-13-25)18-20-8-6-5-7-9-20/h5-11,17,19,30H,3-4,12-16,18H2,1-2H3,(H,27,29). The van der Waals surface area contributed by atoms with E-state index in [-0.39, 0.29) is 11.7 Å². The summed E-state index contributed by atoms with van der Waals surface area (Å²) in [6, 6.07) is 14.6. The van der Waals surface area contributed by atoms with Crippen LogP contribution in [0.15, 0.2) is 48.5 Å². The van der Waals surface area contributed by atoms with Gasteiger partial charge in [0.05, 0.1) is 18.1 Å². The third-order valence-corrected chi connectivity index (χ3v) is 6.13. The van der Waals surface area contributed by atoms with Crippen LogP contribution in [0.4, 0.5) is 10.1 Å². The lowest BCUT2D eigenvalue weighted by Gasteiger charge is -2.41. The Morgan fingerprint density at radius 2 is 1.94 bits per heavy atom. The van der Waals surface area contributed by atoms with Crippen LogP contribution >= 0.6 is 0 Å². The van der Waals surface area contributed by atoms with Gasteiger partial charge in [-0.3, -0.25) is 9.69 Å². The summed E-state index contributed by atoms with van der Waals surface area (Å²) in [5, 5.41) is 13.9. The molecule has 2 aromatic rings. The molecule has 31 heavy (non-hydrogen) atoms. The van der Waals surface area contributed by atoms with Crippen LogP contribution < -0.4 is 10.1 Å². The molecule has 1 heterocycles. The molecule has 1 saturated heterocycles. The molecular formula is C25H33FN2O3. The van der Waals surface area contributed by atoms with Gasteiger partial charge >= 0.3 is 0 Å². The molecule has 0 spiro atoms. The number of nitrogens with one attached hydrogen (secondary N) is 1. The molecular weight excluding hydrogens is 395 g/mol. The Labute approximate surface area is 184 Å². The number of benzene rings is 2. The Hall–Kier alpha value is -2.44. The van der Waals surface area contributed by atoms with E-state index in [1.54, 1.807) is 13.0 Å². The fraction of sp³-hybridized carbons (Fsp3) is 0.480. The highest BCUT2D eigenvalue weighted by Crippen LogP contribution is 2.32. The van der Waals surface area contributed by atoms with Crippen LogP contribution in [0.25, 0.3) is 0 Å². The van der Waals surface area contributed by atoms with Crippen molar-refractivity contribution in [3.8, 4) is 5.75 Å². The second kappa shape index (κ2) is 10.7. The van der Waals surface area contributed by atoms with E-state index < -0.39 is 17.3 Å². The molecule has 2 aromatic carbocycles. The lowest BCUT2D eigenvalue weighted by atomic mass is 9.80. The van der Waals surface area contributed by atoms with Crippen molar-refractivity contribution in [2.75, 3.05) is 25.0 Å².